The van der Waals surface area contributed by atoms with Gasteiger partial charge >= 0.3 is 0 Å². The highest BCUT2D eigenvalue weighted by Gasteiger charge is 2.15. The Labute approximate surface area is 102 Å². The molecule has 2 heterocycles. The molecular weight excluding hydrogens is 233 g/mol. The maximum atomic E-state index is 13.3. The molecule has 5 nitrogen and oxygen atoms in total. The van der Waals surface area contributed by atoms with E-state index >= 15 is 0 Å². The van der Waals surface area contributed by atoms with Crippen LogP contribution >= 0.6 is 0 Å². The molecule has 0 aliphatic rings. The van der Waals surface area contributed by atoms with Gasteiger partial charge in [0.15, 0.2) is 5.65 Å². The summed E-state index contributed by atoms with van der Waals surface area (Å²) in [6.45, 7) is 0. The number of fused-ring (bicyclic) bond motifs is 1. The SMILES string of the molecule is Cn1nc(-c2cccc(F)c2)c2c(N)ncnc21. The van der Waals surface area contributed by atoms with E-state index in [9.17, 15) is 4.39 Å². The van der Waals surface area contributed by atoms with Gasteiger partial charge in [-0.05, 0) is 12.1 Å². The number of hydrogen-bond acceptors (Lipinski definition) is 4. The van der Waals surface area contributed by atoms with Gasteiger partial charge in [-0.2, -0.15) is 5.10 Å². The summed E-state index contributed by atoms with van der Waals surface area (Å²) in [6, 6.07) is 6.20. The highest BCUT2D eigenvalue weighted by Crippen LogP contribution is 2.29. The Bertz CT molecular complexity index is 734. The summed E-state index contributed by atoms with van der Waals surface area (Å²) in [5.74, 6) is 0.0223. The Kier molecular flexibility index (Phi) is 2.22. The summed E-state index contributed by atoms with van der Waals surface area (Å²) in [5.41, 5.74) is 7.72. The molecule has 0 amide bonds. The molecule has 0 fully saturated rings. The van der Waals surface area contributed by atoms with Crippen molar-refractivity contribution in [2.75, 3.05) is 5.73 Å². The molecule has 2 N–H and O–H groups in total. The van der Waals surface area contributed by atoms with Gasteiger partial charge in [-0.15, -0.1) is 0 Å². The van der Waals surface area contributed by atoms with Gasteiger partial charge in [0.05, 0.1) is 5.39 Å². The summed E-state index contributed by atoms with van der Waals surface area (Å²) in [7, 11) is 1.76. The number of aromatic nitrogens is 4. The first kappa shape index (κ1) is 10.6. The molecule has 0 saturated heterocycles. The number of hydrogen-bond donors (Lipinski definition) is 1. The van der Waals surface area contributed by atoms with Crippen molar-refractivity contribution in [2.24, 2.45) is 7.05 Å². The van der Waals surface area contributed by atoms with Gasteiger partial charge in [-0.1, -0.05) is 12.1 Å². The van der Waals surface area contributed by atoms with E-state index in [2.05, 4.69) is 15.1 Å². The van der Waals surface area contributed by atoms with E-state index < -0.39 is 0 Å². The maximum absolute atomic E-state index is 13.3. The van der Waals surface area contributed by atoms with Crippen molar-refractivity contribution in [1.82, 2.24) is 19.7 Å². The lowest BCUT2D eigenvalue weighted by Gasteiger charge is -1.99. The van der Waals surface area contributed by atoms with Crippen LogP contribution in [0.2, 0.25) is 0 Å². The fraction of sp³-hybridized carbons (Fsp3) is 0.0833. The molecule has 0 unspecified atom stereocenters. The first-order chi connectivity index (χ1) is 8.66. The summed E-state index contributed by atoms with van der Waals surface area (Å²) in [6.07, 6.45) is 1.38. The average Bonchev–Trinajstić information content (AvgIpc) is 2.69. The van der Waals surface area contributed by atoms with Crippen molar-refractivity contribution in [3.05, 3.63) is 36.4 Å². The van der Waals surface area contributed by atoms with Crippen LogP contribution in [0.1, 0.15) is 0 Å². The number of nitrogens with zero attached hydrogens (tertiary/aromatic N) is 4. The largest absolute Gasteiger partial charge is 0.383 e. The zero-order valence-electron chi connectivity index (χ0n) is 9.63. The first-order valence-corrected chi connectivity index (χ1v) is 5.36. The molecule has 3 rings (SSSR count). The molecule has 90 valence electrons. The number of halogens is 1. The molecule has 18 heavy (non-hydrogen) atoms. The normalized spacial score (nSPS) is 11.0. The molecule has 0 spiro atoms. The smallest absolute Gasteiger partial charge is 0.163 e. The highest BCUT2D eigenvalue weighted by molar-refractivity contribution is 5.98. The molecule has 0 aliphatic carbocycles. The van der Waals surface area contributed by atoms with Crippen LogP contribution in [0.3, 0.4) is 0 Å². The van der Waals surface area contributed by atoms with Crippen LogP contribution < -0.4 is 5.73 Å². The van der Waals surface area contributed by atoms with Crippen LogP contribution in [-0.2, 0) is 7.05 Å². The minimum atomic E-state index is -0.318. The highest BCUT2D eigenvalue weighted by atomic mass is 19.1. The van der Waals surface area contributed by atoms with Crippen molar-refractivity contribution in [3.63, 3.8) is 0 Å². The summed E-state index contributed by atoms with van der Waals surface area (Å²) >= 11 is 0. The van der Waals surface area contributed by atoms with Crippen LogP contribution in [-0.4, -0.2) is 19.7 Å². The number of nitrogens with two attached hydrogens (primary N) is 1. The molecule has 2 aromatic heterocycles. The van der Waals surface area contributed by atoms with Crippen molar-refractivity contribution < 1.29 is 4.39 Å². The standard InChI is InChI=1S/C12H10FN5/c1-18-12-9(11(14)15-6-16-12)10(17-18)7-3-2-4-8(13)5-7/h2-6H,1H3,(H2,14,15,16). The average molecular weight is 243 g/mol. The van der Waals surface area contributed by atoms with E-state index in [1.165, 1.54) is 18.5 Å². The van der Waals surface area contributed by atoms with E-state index in [1.807, 2.05) is 0 Å². The first-order valence-electron chi connectivity index (χ1n) is 5.36. The maximum Gasteiger partial charge on any atom is 0.163 e. The predicted molar refractivity (Wildman–Crippen MR) is 66.1 cm³/mol. The van der Waals surface area contributed by atoms with E-state index in [-0.39, 0.29) is 5.82 Å². The van der Waals surface area contributed by atoms with Crippen LogP contribution in [0.25, 0.3) is 22.3 Å². The topological polar surface area (TPSA) is 69.6 Å². The van der Waals surface area contributed by atoms with Gasteiger partial charge in [0.25, 0.3) is 0 Å². The second-order valence-electron chi connectivity index (χ2n) is 3.94. The van der Waals surface area contributed by atoms with Gasteiger partial charge in [0.2, 0.25) is 0 Å². The summed E-state index contributed by atoms with van der Waals surface area (Å²) < 4.78 is 14.9. The second kappa shape index (κ2) is 3.76. The number of aryl methyl sites for hydroxylation is 1. The third kappa shape index (κ3) is 1.50. The molecule has 0 bridgehead atoms. The zero-order chi connectivity index (χ0) is 12.7. The Hall–Kier alpha value is -2.50. The van der Waals surface area contributed by atoms with Gasteiger partial charge in [0.1, 0.15) is 23.7 Å². The Morgan fingerprint density at radius 3 is 2.89 bits per heavy atom. The molecule has 0 aliphatic heterocycles. The van der Waals surface area contributed by atoms with Crippen LogP contribution in [0.5, 0.6) is 0 Å². The lowest BCUT2D eigenvalue weighted by Crippen LogP contribution is -1.95. The number of rotatable bonds is 1. The van der Waals surface area contributed by atoms with Crippen LogP contribution in [0.4, 0.5) is 10.2 Å². The van der Waals surface area contributed by atoms with E-state index in [0.29, 0.717) is 28.1 Å². The predicted octanol–water partition coefficient (Wildman–Crippen LogP) is 1.75. The Morgan fingerprint density at radius 1 is 1.28 bits per heavy atom. The van der Waals surface area contributed by atoms with Gasteiger partial charge < -0.3 is 5.73 Å². The molecular formula is C12H10FN5. The van der Waals surface area contributed by atoms with Crippen LogP contribution in [0, 0.1) is 5.82 Å². The van der Waals surface area contributed by atoms with Crippen molar-refractivity contribution in [1.29, 1.82) is 0 Å². The fourth-order valence-corrected chi connectivity index (χ4v) is 1.95. The monoisotopic (exact) mass is 243 g/mol. The Balaban J connectivity index is 2.36. The van der Waals surface area contributed by atoms with Crippen molar-refractivity contribution in [3.8, 4) is 11.3 Å². The lowest BCUT2D eigenvalue weighted by molar-refractivity contribution is 0.628. The van der Waals surface area contributed by atoms with Crippen molar-refractivity contribution >= 4 is 16.9 Å². The minimum Gasteiger partial charge on any atom is -0.383 e. The van der Waals surface area contributed by atoms with Gasteiger partial charge in [-0.3, -0.25) is 0 Å². The third-order valence-electron chi connectivity index (χ3n) is 2.75. The fourth-order valence-electron chi connectivity index (χ4n) is 1.95. The molecule has 3 aromatic rings. The van der Waals surface area contributed by atoms with E-state index in [1.54, 1.807) is 23.9 Å². The quantitative estimate of drug-likeness (QED) is 0.707. The van der Waals surface area contributed by atoms with Gasteiger partial charge in [-0.25, -0.2) is 19.0 Å². The van der Waals surface area contributed by atoms with E-state index in [0.717, 1.165) is 0 Å². The minimum absolute atomic E-state index is 0.318. The van der Waals surface area contributed by atoms with E-state index in [4.69, 9.17) is 5.73 Å². The zero-order valence-corrected chi connectivity index (χ0v) is 9.63. The molecule has 0 radical (unpaired) electrons. The van der Waals surface area contributed by atoms with Gasteiger partial charge in [0, 0.05) is 12.6 Å². The third-order valence-corrected chi connectivity index (χ3v) is 2.75. The molecule has 6 heteroatoms. The van der Waals surface area contributed by atoms with Crippen molar-refractivity contribution in [2.45, 2.75) is 0 Å². The molecule has 0 saturated carbocycles. The summed E-state index contributed by atoms with van der Waals surface area (Å²) in [4.78, 5) is 8.07. The second-order valence-corrected chi connectivity index (χ2v) is 3.94. The lowest BCUT2D eigenvalue weighted by atomic mass is 10.1. The number of benzene rings is 1. The Morgan fingerprint density at radius 2 is 2.11 bits per heavy atom. The molecule has 0 atom stereocenters. The number of nitrogen functional groups attached to an aromatic ring is 1. The number of anilines is 1. The van der Waals surface area contributed by atoms with Crippen LogP contribution in [0.15, 0.2) is 30.6 Å². The summed E-state index contributed by atoms with van der Waals surface area (Å²) in [5, 5.41) is 4.97. The molecule has 1 aromatic carbocycles.